The molecule has 0 saturated heterocycles. The molecule has 50 heavy (non-hydrogen) atoms. The second-order valence-corrected chi connectivity index (χ2v) is 19.8. The minimum absolute atomic E-state index is 0.156. The van der Waals surface area contributed by atoms with E-state index in [4.69, 9.17) is 0 Å². The van der Waals surface area contributed by atoms with Gasteiger partial charge >= 0.3 is 0 Å². The summed E-state index contributed by atoms with van der Waals surface area (Å²) in [5.74, 6) is 0. The van der Waals surface area contributed by atoms with Crippen LogP contribution in [-0.4, -0.2) is 5.16 Å². The fourth-order valence-electron chi connectivity index (χ4n) is 9.22. The van der Waals surface area contributed by atoms with Gasteiger partial charge in [0, 0.05) is 11.3 Å². The smallest absolute Gasteiger partial charge is 0.0162 e. The molecule has 2 heteroatoms. The lowest BCUT2D eigenvalue weighted by molar-refractivity contribution is 0.748. The Hall–Kier alpha value is -4.34. The van der Waals surface area contributed by atoms with E-state index in [0.717, 1.165) is 20.9 Å². The molecule has 2 heterocycles. The topological polar surface area (TPSA) is 0 Å². The zero-order valence-corrected chi connectivity index (χ0v) is 30.8. The number of rotatable bonds is 1. The second-order valence-electron chi connectivity index (χ2n) is 15.2. The molecule has 0 spiro atoms. The first-order chi connectivity index (χ1) is 24.5. The summed E-state index contributed by atoms with van der Waals surface area (Å²) in [6, 6.07) is 56.0. The second kappa shape index (κ2) is 11.6. The van der Waals surface area contributed by atoms with Crippen molar-refractivity contribution in [1.29, 1.82) is 0 Å². The Morgan fingerprint density at radius 3 is 1.42 bits per heavy atom. The van der Waals surface area contributed by atoms with Gasteiger partial charge in [-0.1, -0.05) is 174 Å². The maximum atomic E-state index is 2.55. The molecule has 0 saturated carbocycles. The first-order valence-electron chi connectivity index (χ1n) is 18.0. The summed E-state index contributed by atoms with van der Waals surface area (Å²) in [4.78, 5) is 0. The molecule has 0 aromatic heterocycles. The molecule has 2 aliphatic rings. The van der Waals surface area contributed by atoms with Crippen LogP contribution >= 0.6 is 16.5 Å². The Morgan fingerprint density at radius 2 is 0.880 bits per heavy atom. The normalized spacial score (nSPS) is 19.1. The van der Waals surface area contributed by atoms with Gasteiger partial charge in [0.05, 0.1) is 0 Å². The highest BCUT2D eigenvalue weighted by Crippen LogP contribution is 2.73. The monoisotopic (exact) mass is 678 g/mol. The van der Waals surface area contributed by atoms with Crippen LogP contribution in [0.25, 0.3) is 65.3 Å². The summed E-state index contributed by atoms with van der Waals surface area (Å²) >= 11 is 0. The molecule has 8 aromatic carbocycles. The molecule has 0 bridgehead atoms. The van der Waals surface area contributed by atoms with E-state index >= 15 is 0 Å². The molecule has 242 valence electrons. The van der Waals surface area contributed by atoms with Crippen molar-refractivity contribution in [2.45, 2.75) is 49.6 Å². The van der Waals surface area contributed by atoms with Gasteiger partial charge in [-0.3, -0.25) is 0 Å². The number of hydrogen-bond acceptors (Lipinski definition) is 0. The number of benzene rings is 8. The van der Waals surface area contributed by atoms with Crippen molar-refractivity contribution in [3.05, 3.63) is 168 Å². The van der Waals surface area contributed by atoms with Gasteiger partial charge in [-0.25, -0.2) is 0 Å². The summed E-state index contributed by atoms with van der Waals surface area (Å²) < 4.78 is 0. The van der Waals surface area contributed by atoms with Crippen molar-refractivity contribution in [2.24, 2.45) is 0 Å². The van der Waals surface area contributed by atoms with E-state index in [1.165, 1.54) is 76.5 Å². The molecule has 0 aliphatic carbocycles. The predicted molar refractivity (Wildman–Crippen MR) is 222 cm³/mol. The van der Waals surface area contributed by atoms with Crippen molar-refractivity contribution in [2.75, 3.05) is 0 Å². The van der Waals surface area contributed by atoms with Crippen LogP contribution < -0.4 is 0 Å². The molecule has 0 nitrogen and oxygen atoms in total. The minimum atomic E-state index is -0.493. The quantitative estimate of drug-likeness (QED) is 0.152. The summed E-state index contributed by atoms with van der Waals surface area (Å²) in [7, 11) is 0.295. The van der Waals surface area contributed by atoms with Gasteiger partial charge in [0.25, 0.3) is 0 Å². The lowest BCUT2D eigenvalue weighted by Crippen LogP contribution is -2.20. The van der Waals surface area contributed by atoms with Crippen LogP contribution in [0.5, 0.6) is 0 Å². The Labute approximate surface area is 298 Å². The van der Waals surface area contributed by atoms with Crippen LogP contribution in [-0.2, 0) is 12.3 Å². The Kier molecular flexibility index (Phi) is 7.07. The third-order valence-electron chi connectivity index (χ3n) is 11.5. The summed E-state index contributed by atoms with van der Waals surface area (Å²) in [6.07, 6.45) is 2.24. The molecule has 0 amide bonds. The van der Waals surface area contributed by atoms with Crippen LogP contribution in [0.2, 0.25) is 0 Å². The van der Waals surface area contributed by atoms with Crippen molar-refractivity contribution >= 4 is 59.6 Å². The van der Waals surface area contributed by atoms with Crippen molar-refractivity contribution in [3.63, 3.8) is 0 Å². The average molecular weight is 679 g/mol. The number of hydrogen-bond donors (Lipinski definition) is 0. The van der Waals surface area contributed by atoms with Crippen LogP contribution in [0.1, 0.15) is 54.3 Å². The highest BCUT2D eigenvalue weighted by atomic mass is 31.1. The minimum Gasteiger partial charge on any atom is -0.109 e. The molecule has 2 aliphatic heterocycles. The van der Waals surface area contributed by atoms with E-state index in [1.807, 2.05) is 0 Å². The standard InChI is InChI=1S/C48H40P2/c1-48(2,3)50-29-35-23-21-31-13-5-9-17-37(31)43(35)45-39-19-11-7-15-33(39)25-27-41(45)47(50)46-40-26-24-32-14-6-10-18-38(32)44(40)42-34(28-49-46)22-20-30-12-4-8-16-36(30)42/h4-27,46-47,49H,28-29H2,1-3H3/t46-,47-,50?/m1/s1. The van der Waals surface area contributed by atoms with Gasteiger partial charge < -0.3 is 0 Å². The molecule has 0 fully saturated rings. The molecule has 8 aromatic rings. The fourth-order valence-corrected chi connectivity index (χ4v) is 14.9. The number of fused-ring (bicyclic) bond motifs is 14. The highest BCUT2D eigenvalue weighted by Gasteiger charge is 2.43. The molecule has 0 N–H and O–H groups in total. The summed E-state index contributed by atoms with van der Waals surface area (Å²) in [6.45, 7) is 7.59. The van der Waals surface area contributed by atoms with Crippen LogP contribution in [0.3, 0.4) is 0 Å². The van der Waals surface area contributed by atoms with Gasteiger partial charge in [0.2, 0.25) is 0 Å². The van der Waals surface area contributed by atoms with E-state index in [2.05, 4.69) is 166 Å². The zero-order valence-electron chi connectivity index (χ0n) is 28.9. The van der Waals surface area contributed by atoms with Crippen LogP contribution in [0.15, 0.2) is 146 Å². The maximum Gasteiger partial charge on any atom is 0.0162 e. The lowest BCUT2D eigenvalue weighted by Gasteiger charge is -2.42. The third kappa shape index (κ3) is 4.65. The van der Waals surface area contributed by atoms with Gasteiger partial charge in [0.15, 0.2) is 0 Å². The molecule has 2 unspecified atom stereocenters. The molecular formula is C48H40P2. The van der Waals surface area contributed by atoms with E-state index < -0.39 is 7.92 Å². The third-order valence-corrected chi connectivity index (χ3v) is 17.1. The van der Waals surface area contributed by atoms with Crippen molar-refractivity contribution in [3.8, 4) is 22.3 Å². The van der Waals surface area contributed by atoms with E-state index in [1.54, 1.807) is 11.1 Å². The van der Waals surface area contributed by atoms with E-state index in [9.17, 15) is 0 Å². The molecule has 0 radical (unpaired) electrons. The van der Waals surface area contributed by atoms with Crippen molar-refractivity contribution < 1.29 is 0 Å². The highest BCUT2D eigenvalue weighted by molar-refractivity contribution is 7.59. The first-order valence-corrected chi connectivity index (χ1v) is 20.9. The SMILES string of the molecule is CC(C)(C)P1Cc2ccc3ccccc3c2-c2c(ccc3ccccc23)[C@@H]1[C@@H]1PCc2ccc3ccccc3c2-c2c1ccc1ccccc21. The summed E-state index contributed by atoms with van der Waals surface area (Å²) in [5, 5.41) is 11.0. The maximum absolute atomic E-state index is 2.55. The Bertz CT molecular complexity index is 2640. The lowest BCUT2D eigenvalue weighted by atomic mass is 9.83. The first kappa shape index (κ1) is 30.5. The molecule has 4 atom stereocenters. The van der Waals surface area contributed by atoms with Gasteiger partial charge in [-0.2, -0.15) is 0 Å². The van der Waals surface area contributed by atoms with Crippen LogP contribution in [0.4, 0.5) is 0 Å². The fraction of sp³-hybridized carbons (Fsp3) is 0.167. The van der Waals surface area contributed by atoms with Gasteiger partial charge in [0.1, 0.15) is 0 Å². The Balaban J connectivity index is 1.32. The zero-order chi connectivity index (χ0) is 33.6. The predicted octanol–water partition coefficient (Wildman–Crippen LogP) is 14.4. The van der Waals surface area contributed by atoms with Gasteiger partial charge in [-0.05, 0) is 105 Å². The van der Waals surface area contributed by atoms with Crippen LogP contribution in [0, 0.1) is 0 Å². The van der Waals surface area contributed by atoms with E-state index in [-0.39, 0.29) is 5.16 Å². The largest absolute Gasteiger partial charge is 0.109 e. The van der Waals surface area contributed by atoms with Crippen molar-refractivity contribution in [1.82, 2.24) is 0 Å². The molecule has 10 rings (SSSR count). The van der Waals surface area contributed by atoms with E-state index in [0.29, 0.717) is 11.3 Å². The van der Waals surface area contributed by atoms with Gasteiger partial charge in [-0.15, -0.1) is 8.58 Å². The Morgan fingerprint density at radius 1 is 0.460 bits per heavy atom. The molecular weight excluding hydrogens is 638 g/mol. The summed E-state index contributed by atoms with van der Waals surface area (Å²) in [5.41, 5.74) is 12.9. The average Bonchev–Trinajstić information content (AvgIpc) is 3.41.